The number of aliphatic hydroxyl groups excluding tert-OH is 1. The monoisotopic (exact) mass is 347 g/mol. The highest BCUT2D eigenvalue weighted by Crippen LogP contribution is 2.29. The van der Waals surface area contributed by atoms with Crippen LogP contribution in [-0.4, -0.2) is 39.0 Å². The van der Waals surface area contributed by atoms with Crippen molar-refractivity contribution in [2.45, 2.75) is 32.3 Å². The van der Waals surface area contributed by atoms with Crippen LogP contribution in [0.15, 0.2) is 24.4 Å². The Labute approximate surface area is 144 Å². The number of piperidine rings is 1. The third kappa shape index (κ3) is 3.66. The Morgan fingerprint density at radius 2 is 2.20 bits per heavy atom. The zero-order chi connectivity index (χ0) is 18.0. The predicted octanol–water partition coefficient (Wildman–Crippen LogP) is 2.58. The van der Waals surface area contributed by atoms with E-state index >= 15 is 0 Å². The minimum Gasteiger partial charge on any atom is -0.392 e. The molecule has 25 heavy (non-hydrogen) atoms. The van der Waals surface area contributed by atoms with E-state index in [1.165, 1.54) is 6.07 Å². The first-order valence-electron chi connectivity index (χ1n) is 8.17. The summed E-state index contributed by atoms with van der Waals surface area (Å²) in [6.07, 6.45) is 3.16. The molecule has 7 heteroatoms. The lowest BCUT2D eigenvalue weighted by Crippen LogP contribution is -2.40. The van der Waals surface area contributed by atoms with Gasteiger partial charge in [-0.2, -0.15) is 0 Å². The summed E-state index contributed by atoms with van der Waals surface area (Å²) in [4.78, 5) is 22.7. The minimum atomic E-state index is -0.860. The average molecular weight is 347 g/mol. The van der Waals surface area contributed by atoms with Gasteiger partial charge < -0.3 is 10.0 Å². The number of aryl methyl sites for hydroxylation is 1. The molecule has 1 N–H and O–H groups in total. The molecular weight excluding hydrogens is 328 g/mol. The predicted molar refractivity (Wildman–Crippen MR) is 86.9 cm³/mol. The van der Waals surface area contributed by atoms with Crippen molar-refractivity contribution < 1.29 is 18.7 Å². The molecule has 1 fully saturated rings. The summed E-state index contributed by atoms with van der Waals surface area (Å²) in [5.74, 6) is -1.49. The van der Waals surface area contributed by atoms with Gasteiger partial charge in [0.1, 0.15) is 17.5 Å². The van der Waals surface area contributed by atoms with Crippen LogP contribution in [0.4, 0.5) is 8.78 Å². The van der Waals surface area contributed by atoms with Crippen LogP contribution in [0.25, 0.3) is 0 Å². The quantitative estimate of drug-likeness (QED) is 0.927. The molecule has 1 aromatic heterocycles. The highest BCUT2D eigenvalue weighted by Gasteiger charge is 2.29. The van der Waals surface area contributed by atoms with Gasteiger partial charge >= 0.3 is 0 Å². The fourth-order valence-electron chi connectivity index (χ4n) is 3.21. The number of carbonyl (C=O) groups excluding carboxylic acids is 1. The summed E-state index contributed by atoms with van der Waals surface area (Å²) in [5, 5.41) is 9.51. The van der Waals surface area contributed by atoms with Gasteiger partial charge in [-0.25, -0.2) is 18.7 Å². The second-order valence-electron chi connectivity index (χ2n) is 6.20. The van der Waals surface area contributed by atoms with Gasteiger partial charge in [0.05, 0.1) is 17.9 Å². The first-order valence-corrected chi connectivity index (χ1v) is 8.17. The van der Waals surface area contributed by atoms with E-state index in [0.717, 1.165) is 24.6 Å². The Kier molecular flexibility index (Phi) is 5.03. The first-order chi connectivity index (χ1) is 12.0. The minimum absolute atomic E-state index is 0.0509. The number of hydrogen-bond acceptors (Lipinski definition) is 4. The molecule has 1 saturated heterocycles. The van der Waals surface area contributed by atoms with Crippen molar-refractivity contribution in [2.24, 2.45) is 0 Å². The van der Waals surface area contributed by atoms with Crippen molar-refractivity contribution in [3.05, 3.63) is 58.7 Å². The number of aromatic nitrogens is 2. The molecule has 1 amide bonds. The third-order valence-corrected chi connectivity index (χ3v) is 4.45. The Bertz CT molecular complexity index is 798. The van der Waals surface area contributed by atoms with Crippen molar-refractivity contribution >= 4 is 5.91 Å². The summed E-state index contributed by atoms with van der Waals surface area (Å²) in [6, 6.07) is 2.96. The first kappa shape index (κ1) is 17.4. The Balaban J connectivity index is 1.84. The molecule has 1 aliphatic heterocycles. The van der Waals surface area contributed by atoms with Crippen molar-refractivity contribution in [3.63, 3.8) is 0 Å². The van der Waals surface area contributed by atoms with Gasteiger partial charge in [-0.3, -0.25) is 4.79 Å². The van der Waals surface area contributed by atoms with Crippen molar-refractivity contribution in [2.75, 3.05) is 13.1 Å². The molecule has 2 aromatic rings. The van der Waals surface area contributed by atoms with Gasteiger partial charge in [-0.15, -0.1) is 0 Å². The Morgan fingerprint density at radius 1 is 1.40 bits per heavy atom. The lowest BCUT2D eigenvalue weighted by atomic mass is 9.91. The average Bonchev–Trinajstić information content (AvgIpc) is 2.61. The fraction of sp³-hybridized carbons (Fsp3) is 0.389. The lowest BCUT2D eigenvalue weighted by molar-refractivity contribution is 0.0700. The highest BCUT2D eigenvalue weighted by molar-refractivity contribution is 5.94. The molecule has 0 spiro atoms. The zero-order valence-corrected chi connectivity index (χ0v) is 13.9. The molecule has 0 aliphatic carbocycles. The van der Waals surface area contributed by atoms with Gasteiger partial charge in [0.15, 0.2) is 0 Å². The van der Waals surface area contributed by atoms with Crippen LogP contribution in [0.2, 0.25) is 0 Å². The highest BCUT2D eigenvalue weighted by atomic mass is 19.1. The van der Waals surface area contributed by atoms with Gasteiger partial charge in [0.25, 0.3) is 5.91 Å². The van der Waals surface area contributed by atoms with E-state index in [9.17, 15) is 18.7 Å². The van der Waals surface area contributed by atoms with Crippen LogP contribution in [-0.2, 0) is 6.61 Å². The maximum absolute atomic E-state index is 13.9. The molecule has 1 unspecified atom stereocenters. The topological polar surface area (TPSA) is 66.3 Å². The second-order valence-corrected chi connectivity index (χ2v) is 6.20. The number of halogens is 2. The van der Waals surface area contributed by atoms with Crippen molar-refractivity contribution in [3.8, 4) is 0 Å². The van der Waals surface area contributed by atoms with Crippen LogP contribution in [0.5, 0.6) is 0 Å². The summed E-state index contributed by atoms with van der Waals surface area (Å²) >= 11 is 0. The van der Waals surface area contributed by atoms with Crippen LogP contribution < -0.4 is 0 Å². The number of rotatable bonds is 3. The smallest absolute Gasteiger partial charge is 0.256 e. The fourth-order valence-corrected chi connectivity index (χ4v) is 3.21. The van der Waals surface area contributed by atoms with Crippen molar-refractivity contribution in [1.29, 1.82) is 0 Å². The van der Waals surface area contributed by atoms with Crippen LogP contribution in [0.3, 0.4) is 0 Å². The summed E-state index contributed by atoms with van der Waals surface area (Å²) in [5.41, 5.74) is 1.23. The number of likely N-dealkylation sites (tertiary alicyclic amines) is 1. The van der Waals surface area contributed by atoms with Crippen LogP contribution >= 0.6 is 0 Å². The molecular formula is C18H19F2N3O2. The van der Waals surface area contributed by atoms with Gasteiger partial charge in [0, 0.05) is 36.8 Å². The van der Waals surface area contributed by atoms with E-state index < -0.39 is 17.5 Å². The molecule has 5 nitrogen and oxygen atoms in total. The number of benzene rings is 1. The zero-order valence-electron chi connectivity index (χ0n) is 13.9. The summed E-state index contributed by atoms with van der Waals surface area (Å²) in [6.45, 7) is 2.47. The number of carbonyl (C=O) groups is 1. The molecule has 1 aromatic carbocycles. The molecule has 2 heterocycles. The Hall–Kier alpha value is -2.41. The maximum atomic E-state index is 13.9. The largest absolute Gasteiger partial charge is 0.392 e. The van der Waals surface area contributed by atoms with E-state index in [1.54, 1.807) is 18.0 Å². The summed E-state index contributed by atoms with van der Waals surface area (Å²) < 4.78 is 27.0. The maximum Gasteiger partial charge on any atom is 0.256 e. The number of aliphatic hydroxyl groups is 1. The lowest BCUT2D eigenvalue weighted by Gasteiger charge is -2.33. The molecule has 132 valence electrons. The molecule has 0 saturated carbocycles. The molecule has 0 radical (unpaired) electrons. The standard InChI is InChI=1S/C18H19F2N3O2/c1-11-21-8-13(10-24)17(22-11)12-3-2-6-23(9-12)18(25)15-5-4-14(19)7-16(15)20/h4-5,7-8,12,24H,2-3,6,9-10H2,1H3. The number of nitrogens with zero attached hydrogens (tertiary/aromatic N) is 3. The molecule has 1 aliphatic rings. The van der Waals surface area contributed by atoms with E-state index in [0.29, 0.717) is 30.5 Å². The molecule has 3 rings (SSSR count). The normalized spacial score (nSPS) is 17.6. The van der Waals surface area contributed by atoms with Crippen LogP contribution in [0.1, 0.15) is 46.2 Å². The van der Waals surface area contributed by atoms with Gasteiger partial charge in [-0.05, 0) is 31.9 Å². The number of hydrogen-bond donors (Lipinski definition) is 1. The SMILES string of the molecule is Cc1ncc(CO)c(C2CCCN(C(=O)c3ccc(F)cc3F)C2)n1. The van der Waals surface area contributed by atoms with Crippen LogP contribution in [0, 0.1) is 18.6 Å². The van der Waals surface area contributed by atoms with Gasteiger partial charge in [0.2, 0.25) is 0 Å². The molecule has 0 bridgehead atoms. The Morgan fingerprint density at radius 3 is 2.92 bits per heavy atom. The van der Waals surface area contributed by atoms with Crippen molar-refractivity contribution in [1.82, 2.24) is 14.9 Å². The van der Waals surface area contributed by atoms with Gasteiger partial charge in [-0.1, -0.05) is 0 Å². The van der Waals surface area contributed by atoms with E-state index in [-0.39, 0.29) is 18.1 Å². The number of amides is 1. The third-order valence-electron chi connectivity index (χ3n) is 4.45. The second kappa shape index (κ2) is 7.23. The van der Waals surface area contributed by atoms with E-state index in [1.807, 2.05) is 0 Å². The van der Waals surface area contributed by atoms with E-state index in [2.05, 4.69) is 9.97 Å². The van der Waals surface area contributed by atoms with E-state index in [4.69, 9.17) is 0 Å². The molecule has 1 atom stereocenters. The summed E-state index contributed by atoms with van der Waals surface area (Å²) in [7, 11) is 0.